The van der Waals surface area contributed by atoms with Gasteiger partial charge in [-0.15, -0.1) is 0 Å². The van der Waals surface area contributed by atoms with Crippen LogP contribution in [0.2, 0.25) is 0 Å². The third kappa shape index (κ3) is 2.14. The first-order chi connectivity index (χ1) is 9.69. The summed E-state index contributed by atoms with van der Waals surface area (Å²) in [6.07, 6.45) is 1.29. The van der Waals surface area contributed by atoms with E-state index in [1.165, 1.54) is 5.56 Å². The Balaban J connectivity index is 2.07. The lowest BCUT2D eigenvalue weighted by molar-refractivity contribution is -0.118. The fourth-order valence-electron chi connectivity index (χ4n) is 2.58. The number of carbonyl (C=O) groups excluding carboxylic acids is 1. The molecule has 0 saturated heterocycles. The van der Waals surface area contributed by atoms with Crippen LogP contribution in [0.25, 0.3) is 0 Å². The Morgan fingerprint density at radius 1 is 1.05 bits per heavy atom. The molecular formula is C16H17N3O. The smallest absolute Gasteiger partial charge is 0.231 e. The van der Waals surface area contributed by atoms with Crippen LogP contribution >= 0.6 is 0 Å². The summed E-state index contributed by atoms with van der Waals surface area (Å²) in [5.41, 5.74) is 16.1. The zero-order valence-corrected chi connectivity index (χ0v) is 11.2. The fourth-order valence-corrected chi connectivity index (χ4v) is 2.58. The standard InChI is InChI=1S/C16H17N3O/c17-10-11-1-7-15-12(9-11)2-8-16(20)19(15)14-5-3-13(18)4-6-14/h1,3-7,9H,2,8,10,17-18H2. The number of benzene rings is 2. The third-order valence-electron chi connectivity index (χ3n) is 3.63. The van der Waals surface area contributed by atoms with Crippen molar-refractivity contribution in [1.29, 1.82) is 0 Å². The van der Waals surface area contributed by atoms with Gasteiger partial charge in [-0.2, -0.15) is 0 Å². The van der Waals surface area contributed by atoms with Gasteiger partial charge in [0.25, 0.3) is 0 Å². The van der Waals surface area contributed by atoms with Crippen molar-refractivity contribution in [2.24, 2.45) is 5.73 Å². The van der Waals surface area contributed by atoms with E-state index in [4.69, 9.17) is 11.5 Å². The lowest BCUT2D eigenvalue weighted by Crippen LogP contribution is -2.30. The summed E-state index contributed by atoms with van der Waals surface area (Å²) in [5, 5.41) is 0. The minimum atomic E-state index is 0.114. The van der Waals surface area contributed by atoms with E-state index in [9.17, 15) is 4.79 Å². The molecule has 0 aliphatic carbocycles. The molecule has 1 aliphatic rings. The highest BCUT2D eigenvalue weighted by Gasteiger charge is 2.25. The SMILES string of the molecule is NCc1ccc2c(c1)CCC(=O)N2c1ccc(N)cc1. The molecular weight excluding hydrogens is 250 g/mol. The van der Waals surface area contributed by atoms with Gasteiger partial charge < -0.3 is 11.5 Å². The van der Waals surface area contributed by atoms with Gasteiger partial charge in [-0.3, -0.25) is 9.69 Å². The van der Waals surface area contributed by atoms with Crippen LogP contribution in [0.15, 0.2) is 42.5 Å². The first kappa shape index (κ1) is 12.7. The van der Waals surface area contributed by atoms with Crippen molar-refractivity contribution in [3.05, 3.63) is 53.6 Å². The Morgan fingerprint density at radius 3 is 2.50 bits per heavy atom. The molecule has 1 amide bonds. The lowest BCUT2D eigenvalue weighted by atomic mass is 9.98. The van der Waals surface area contributed by atoms with Crippen molar-refractivity contribution in [2.45, 2.75) is 19.4 Å². The number of anilines is 3. The summed E-state index contributed by atoms with van der Waals surface area (Å²) in [7, 11) is 0. The summed E-state index contributed by atoms with van der Waals surface area (Å²) in [4.78, 5) is 14.0. The Morgan fingerprint density at radius 2 is 1.80 bits per heavy atom. The van der Waals surface area contributed by atoms with Crippen molar-refractivity contribution in [3.63, 3.8) is 0 Å². The van der Waals surface area contributed by atoms with Gasteiger partial charge in [0.2, 0.25) is 5.91 Å². The summed E-state index contributed by atoms with van der Waals surface area (Å²) >= 11 is 0. The monoisotopic (exact) mass is 267 g/mol. The minimum absolute atomic E-state index is 0.114. The number of nitrogen functional groups attached to an aromatic ring is 1. The molecule has 0 unspecified atom stereocenters. The van der Waals surface area contributed by atoms with Crippen LogP contribution < -0.4 is 16.4 Å². The van der Waals surface area contributed by atoms with E-state index in [1.807, 2.05) is 36.4 Å². The average molecular weight is 267 g/mol. The molecule has 2 aromatic carbocycles. The Bertz CT molecular complexity index is 649. The van der Waals surface area contributed by atoms with Crippen LogP contribution in [0.5, 0.6) is 0 Å². The Kier molecular flexibility index (Phi) is 3.16. The number of hydrogen-bond donors (Lipinski definition) is 2. The second-order valence-corrected chi connectivity index (χ2v) is 4.99. The number of fused-ring (bicyclic) bond motifs is 1. The van der Waals surface area contributed by atoms with Crippen molar-refractivity contribution in [3.8, 4) is 0 Å². The second-order valence-electron chi connectivity index (χ2n) is 4.99. The maximum Gasteiger partial charge on any atom is 0.231 e. The Labute approximate surface area is 118 Å². The summed E-state index contributed by atoms with van der Waals surface area (Å²) in [5.74, 6) is 0.114. The Hall–Kier alpha value is -2.33. The maximum atomic E-state index is 12.3. The van der Waals surface area contributed by atoms with Crippen LogP contribution in [0, 0.1) is 0 Å². The molecule has 0 atom stereocenters. The molecule has 0 saturated carbocycles. The fraction of sp³-hybridized carbons (Fsp3) is 0.188. The number of rotatable bonds is 2. The number of hydrogen-bond acceptors (Lipinski definition) is 3. The predicted octanol–water partition coefficient (Wildman–Crippen LogP) is 2.34. The molecule has 0 radical (unpaired) electrons. The van der Waals surface area contributed by atoms with E-state index in [-0.39, 0.29) is 5.91 Å². The van der Waals surface area contributed by atoms with Crippen LogP contribution in [0.1, 0.15) is 17.5 Å². The molecule has 0 spiro atoms. The van der Waals surface area contributed by atoms with Crippen molar-refractivity contribution >= 4 is 23.0 Å². The second kappa shape index (κ2) is 4.98. The van der Waals surface area contributed by atoms with Gasteiger partial charge in [-0.25, -0.2) is 0 Å². The molecule has 4 N–H and O–H groups in total. The van der Waals surface area contributed by atoms with Crippen LogP contribution in [0.3, 0.4) is 0 Å². The zero-order valence-electron chi connectivity index (χ0n) is 11.2. The van der Waals surface area contributed by atoms with E-state index >= 15 is 0 Å². The zero-order chi connectivity index (χ0) is 14.1. The summed E-state index contributed by atoms with van der Waals surface area (Å²) in [6.45, 7) is 0.517. The lowest BCUT2D eigenvalue weighted by Gasteiger charge is -2.30. The molecule has 2 aromatic rings. The van der Waals surface area contributed by atoms with E-state index in [1.54, 1.807) is 4.90 Å². The van der Waals surface area contributed by atoms with Gasteiger partial charge in [0.05, 0.1) is 5.69 Å². The first-order valence-corrected chi connectivity index (χ1v) is 6.69. The highest BCUT2D eigenvalue weighted by Crippen LogP contribution is 2.34. The van der Waals surface area contributed by atoms with E-state index in [0.717, 1.165) is 23.4 Å². The van der Waals surface area contributed by atoms with Gasteiger partial charge in [-0.05, 0) is 47.9 Å². The first-order valence-electron chi connectivity index (χ1n) is 6.69. The molecule has 102 valence electrons. The molecule has 4 heteroatoms. The predicted molar refractivity (Wildman–Crippen MR) is 80.7 cm³/mol. The van der Waals surface area contributed by atoms with E-state index in [2.05, 4.69) is 6.07 Å². The maximum absolute atomic E-state index is 12.3. The highest BCUT2D eigenvalue weighted by molar-refractivity contribution is 6.03. The van der Waals surface area contributed by atoms with Crippen LogP contribution in [-0.4, -0.2) is 5.91 Å². The van der Waals surface area contributed by atoms with E-state index in [0.29, 0.717) is 18.7 Å². The van der Waals surface area contributed by atoms with Gasteiger partial charge in [-0.1, -0.05) is 12.1 Å². The minimum Gasteiger partial charge on any atom is -0.399 e. The van der Waals surface area contributed by atoms with Crippen molar-refractivity contribution in [1.82, 2.24) is 0 Å². The third-order valence-corrected chi connectivity index (χ3v) is 3.63. The normalized spacial score (nSPS) is 14.2. The number of amides is 1. The molecule has 1 heterocycles. The molecule has 1 aliphatic heterocycles. The quantitative estimate of drug-likeness (QED) is 0.820. The van der Waals surface area contributed by atoms with Gasteiger partial charge in [0, 0.05) is 24.3 Å². The summed E-state index contributed by atoms with van der Waals surface area (Å²) in [6, 6.07) is 13.4. The van der Waals surface area contributed by atoms with Crippen LogP contribution in [0.4, 0.5) is 17.1 Å². The number of carbonyl (C=O) groups is 1. The van der Waals surface area contributed by atoms with Crippen LogP contribution in [-0.2, 0) is 17.8 Å². The molecule has 0 bridgehead atoms. The largest absolute Gasteiger partial charge is 0.399 e. The van der Waals surface area contributed by atoms with Crippen molar-refractivity contribution in [2.75, 3.05) is 10.6 Å². The van der Waals surface area contributed by atoms with Gasteiger partial charge >= 0.3 is 0 Å². The average Bonchev–Trinajstić information content (AvgIpc) is 2.48. The van der Waals surface area contributed by atoms with E-state index < -0.39 is 0 Å². The van der Waals surface area contributed by atoms with Gasteiger partial charge in [0.1, 0.15) is 0 Å². The molecule has 0 aromatic heterocycles. The number of aryl methyl sites for hydroxylation is 1. The number of nitrogens with two attached hydrogens (primary N) is 2. The molecule has 20 heavy (non-hydrogen) atoms. The topological polar surface area (TPSA) is 72.4 Å². The highest BCUT2D eigenvalue weighted by atomic mass is 16.2. The summed E-state index contributed by atoms with van der Waals surface area (Å²) < 4.78 is 0. The van der Waals surface area contributed by atoms with Crippen molar-refractivity contribution < 1.29 is 4.79 Å². The molecule has 0 fully saturated rings. The van der Waals surface area contributed by atoms with Gasteiger partial charge in [0.15, 0.2) is 0 Å². The number of nitrogens with zero attached hydrogens (tertiary/aromatic N) is 1. The molecule has 3 rings (SSSR count). The molecule has 4 nitrogen and oxygen atoms in total.